The van der Waals surface area contributed by atoms with E-state index in [2.05, 4.69) is 215 Å². The molecule has 12 rings (SSSR count). The average molecular weight is 779 g/mol. The summed E-state index contributed by atoms with van der Waals surface area (Å²) in [6, 6.07) is 73.2. The highest BCUT2D eigenvalue weighted by Crippen LogP contribution is 2.54. The van der Waals surface area contributed by atoms with Gasteiger partial charge < -0.3 is 0 Å². The van der Waals surface area contributed by atoms with E-state index in [4.69, 9.17) is 9.97 Å². The fourth-order valence-electron chi connectivity index (χ4n) is 10.5. The summed E-state index contributed by atoms with van der Waals surface area (Å²) in [5.41, 5.74) is 19.0. The zero-order valence-electron chi connectivity index (χ0n) is 34.4. The van der Waals surface area contributed by atoms with Crippen LogP contribution in [0.3, 0.4) is 0 Å². The molecule has 0 amide bonds. The predicted molar refractivity (Wildman–Crippen MR) is 254 cm³/mol. The van der Waals surface area contributed by atoms with Gasteiger partial charge in [-0.05, 0) is 126 Å². The van der Waals surface area contributed by atoms with Gasteiger partial charge in [0.05, 0.1) is 11.4 Å². The molecule has 10 aromatic rings. The molecular formula is C59H42N2. The van der Waals surface area contributed by atoms with E-state index >= 15 is 0 Å². The van der Waals surface area contributed by atoms with Gasteiger partial charge in [-0.3, -0.25) is 0 Å². The van der Waals surface area contributed by atoms with Crippen molar-refractivity contribution in [3.8, 4) is 67.3 Å². The van der Waals surface area contributed by atoms with Gasteiger partial charge in [0.15, 0.2) is 5.82 Å². The predicted octanol–water partition coefficient (Wildman–Crippen LogP) is 15.1. The lowest BCUT2D eigenvalue weighted by atomic mass is 9.74. The van der Waals surface area contributed by atoms with Crippen LogP contribution in [0.4, 0.5) is 0 Å². The summed E-state index contributed by atoms with van der Waals surface area (Å²) < 4.78 is 0. The van der Waals surface area contributed by atoms with Crippen LogP contribution in [0.5, 0.6) is 0 Å². The summed E-state index contributed by atoms with van der Waals surface area (Å²) in [5, 5.41) is 4.89. The Kier molecular flexibility index (Phi) is 7.74. The average Bonchev–Trinajstić information content (AvgIpc) is 3.71. The maximum atomic E-state index is 5.32. The van der Waals surface area contributed by atoms with E-state index in [0.717, 1.165) is 33.9 Å². The van der Waals surface area contributed by atoms with Gasteiger partial charge in [-0.15, -0.1) is 0 Å². The molecule has 0 fully saturated rings. The van der Waals surface area contributed by atoms with Crippen LogP contribution in [0.2, 0.25) is 0 Å². The first-order valence-electron chi connectivity index (χ1n) is 21.3. The van der Waals surface area contributed by atoms with E-state index in [1.54, 1.807) is 0 Å². The largest absolute Gasteiger partial charge is 0.228 e. The third-order valence-corrected chi connectivity index (χ3v) is 13.7. The maximum absolute atomic E-state index is 5.32. The van der Waals surface area contributed by atoms with Crippen LogP contribution in [0, 0.1) is 0 Å². The van der Waals surface area contributed by atoms with Crippen LogP contribution in [-0.2, 0) is 10.8 Å². The molecule has 2 heteroatoms. The Morgan fingerprint density at radius 3 is 1.70 bits per heavy atom. The van der Waals surface area contributed by atoms with Crippen molar-refractivity contribution < 1.29 is 0 Å². The van der Waals surface area contributed by atoms with Gasteiger partial charge in [0, 0.05) is 27.5 Å². The van der Waals surface area contributed by atoms with Crippen molar-refractivity contribution in [2.75, 3.05) is 0 Å². The lowest BCUT2D eigenvalue weighted by molar-refractivity contribution is 0.661. The highest BCUT2D eigenvalue weighted by atomic mass is 14.9. The van der Waals surface area contributed by atoms with Crippen LogP contribution in [-0.4, -0.2) is 9.97 Å². The molecule has 0 radical (unpaired) electrons. The van der Waals surface area contributed by atoms with Crippen molar-refractivity contribution in [2.24, 2.45) is 0 Å². The Morgan fingerprint density at radius 1 is 0.328 bits per heavy atom. The van der Waals surface area contributed by atoms with Gasteiger partial charge in [-0.25, -0.2) is 9.97 Å². The summed E-state index contributed by atoms with van der Waals surface area (Å²) in [7, 11) is 0. The van der Waals surface area contributed by atoms with Gasteiger partial charge >= 0.3 is 0 Å². The van der Waals surface area contributed by atoms with E-state index in [0.29, 0.717) is 0 Å². The summed E-state index contributed by atoms with van der Waals surface area (Å²) in [5.74, 6) is 0.721. The first-order valence-corrected chi connectivity index (χ1v) is 21.3. The molecule has 288 valence electrons. The molecule has 0 spiro atoms. The van der Waals surface area contributed by atoms with Gasteiger partial charge in [0.25, 0.3) is 0 Å². The fourth-order valence-corrected chi connectivity index (χ4v) is 10.5. The topological polar surface area (TPSA) is 25.8 Å². The molecule has 0 N–H and O–H groups in total. The first kappa shape index (κ1) is 35.5. The summed E-state index contributed by atoms with van der Waals surface area (Å²) >= 11 is 0. The van der Waals surface area contributed by atoms with Crippen molar-refractivity contribution in [1.82, 2.24) is 9.97 Å². The molecule has 1 unspecified atom stereocenters. The zero-order valence-corrected chi connectivity index (χ0v) is 34.4. The number of fused-ring (bicyclic) bond motifs is 8. The van der Waals surface area contributed by atoms with Gasteiger partial charge in [-0.2, -0.15) is 0 Å². The molecule has 0 bridgehead atoms. The third kappa shape index (κ3) is 5.42. The molecule has 0 saturated carbocycles. The van der Waals surface area contributed by atoms with Crippen LogP contribution in [0.15, 0.2) is 200 Å². The number of nitrogens with zero attached hydrogens (tertiary/aromatic N) is 2. The van der Waals surface area contributed by atoms with Gasteiger partial charge in [0.2, 0.25) is 0 Å². The lowest BCUT2D eigenvalue weighted by Crippen LogP contribution is -2.22. The molecule has 2 aliphatic carbocycles. The van der Waals surface area contributed by atoms with Crippen LogP contribution in [0.1, 0.15) is 48.6 Å². The van der Waals surface area contributed by atoms with Crippen LogP contribution >= 0.6 is 0 Å². The number of benzene rings is 9. The molecule has 1 aromatic heterocycles. The van der Waals surface area contributed by atoms with Crippen molar-refractivity contribution in [2.45, 2.75) is 31.6 Å². The Labute approximate surface area is 356 Å². The number of hydrogen-bond acceptors (Lipinski definition) is 2. The van der Waals surface area contributed by atoms with Crippen molar-refractivity contribution in [3.05, 3.63) is 228 Å². The minimum absolute atomic E-state index is 0.146. The van der Waals surface area contributed by atoms with E-state index < -0.39 is 0 Å². The van der Waals surface area contributed by atoms with E-state index in [-0.39, 0.29) is 10.8 Å². The number of rotatable bonds is 5. The summed E-state index contributed by atoms with van der Waals surface area (Å²) in [6.45, 7) is 7.07. The SMILES string of the molecule is CC1(C)c2cc3ccccc3cc2-c2c(-c3cc(-c4ccc5cc(-c6ccc7c(c6)-c6ccccc6C7(C)c6ccccc6)ccc5c4)nc(-c4ccccc4)n3)cccc21. The molecular weight excluding hydrogens is 737 g/mol. The quantitative estimate of drug-likeness (QED) is 0.174. The van der Waals surface area contributed by atoms with E-state index in [1.165, 1.54) is 82.7 Å². The third-order valence-electron chi connectivity index (χ3n) is 13.7. The monoisotopic (exact) mass is 778 g/mol. The van der Waals surface area contributed by atoms with Crippen molar-refractivity contribution >= 4 is 21.5 Å². The molecule has 2 aliphatic rings. The lowest BCUT2D eigenvalue weighted by Gasteiger charge is -2.28. The Bertz CT molecular complexity index is 3400. The normalized spacial score (nSPS) is 15.7. The Hall–Kier alpha value is -7.42. The maximum Gasteiger partial charge on any atom is 0.160 e. The molecule has 0 saturated heterocycles. The van der Waals surface area contributed by atoms with E-state index in [1.807, 2.05) is 6.07 Å². The standard InChI is InChI=1S/C59H42N2/c1-58(2)52-24-14-22-47(56(52)49-34-38-17-10-11-18-39(38)35-53(49)58)55-36-54(60-57(61-55)37-15-6-4-7-16-37)44-28-27-40-31-41(25-26-42(40)32-44)43-29-30-51-48(33-43)46-21-12-13-23-50(46)59(51,3)45-19-8-5-9-20-45/h4-36H,1-3H3. The van der Waals surface area contributed by atoms with Gasteiger partial charge in [0.1, 0.15) is 0 Å². The molecule has 9 aromatic carbocycles. The van der Waals surface area contributed by atoms with E-state index in [9.17, 15) is 0 Å². The highest BCUT2D eigenvalue weighted by Gasteiger charge is 2.41. The Balaban J connectivity index is 0.960. The molecule has 1 atom stereocenters. The van der Waals surface area contributed by atoms with Crippen LogP contribution < -0.4 is 0 Å². The van der Waals surface area contributed by atoms with Crippen molar-refractivity contribution in [3.63, 3.8) is 0 Å². The molecule has 2 nitrogen and oxygen atoms in total. The second kappa shape index (κ2) is 13.3. The fraction of sp³-hybridized carbons (Fsp3) is 0.0847. The van der Waals surface area contributed by atoms with Gasteiger partial charge in [-0.1, -0.05) is 178 Å². The summed E-state index contributed by atoms with van der Waals surface area (Å²) in [6.07, 6.45) is 0. The summed E-state index contributed by atoms with van der Waals surface area (Å²) in [4.78, 5) is 10.6. The number of hydrogen-bond donors (Lipinski definition) is 0. The second-order valence-corrected chi connectivity index (χ2v) is 17.5. The molecule has 0 aliphatic heterocycles. The Morgan fingerprint density at radius 2 is 0.902 bits per heavy atom. The first-order chi connectivity index (χ1) is 29.8. The zero-order chi connectivity index (χ0) is 40.9. The minimum atomic E-state index is -0.205. The second-order valence-electron chi connectivity index (χ2n) is 17.5. The van der Waals surface area contributed by atoms with Crippen molar-refractivity contribution in [1.29, 1.82) is 0 Å². The van der Waals surface area contributed by atoms with Crippen LogP contribution in [0.25, 0.3) is 88.8 Å². The number of aromatic nitrogens is 2. The smallest absolute Gasteiger partial charge is 0.160 e. The highest BCUT2D eigenvalue weighted by molar-refractivity contribution is 5.99. The molecule has 61 heavy (non-hydrogen) atoms. The minimum Gasteiger partial charge on any atom is -0.228 e. The molecule has 1 heterocycles.